The first kappa shape index (κ1) is 21.8. The number of nitrogens with one attached hydrogen (secondary N) is 1. The first-order chi connectivity index (χ1) is 15.4. The third-order valence-corrected chi connectivity index (χ3v) is 6.51. The molecule has 32 heavy (non-hydrogen) atoms. The fourth-order valence-corrected chi connectivity index (χ4v) is 4.54. The quantitative estimate of drug-likeness (QED) is 0.419. The molecule has 0 saturated carbocycles. The number of hydrogen-bond donors (Lipinski definition) is 1. The number of anilines is 2. The summed E-state index contributed by atoms with van der Waals surface area (Å²) in [7, 11) is 0. The average Bonchev–Trinajstić information content (AvgIpc) is 3.40. The summed E-state index contributed by atoms with van der Waals surface area (Å²) in [6.07, 6.45) is 1.24. The average molecular weight is 472 g/mol. The highest BCUT2D eigenvalue weighted by Gasteiger charge is 2.34. The molecule has 0 spiro atoms. The van der Waals surface area contributed by atoms with Crippen molar-refractivity contribution in [3.63, 3.8) is 0 Å². The lowest BCUT2D eigenvalue weighted by Gasteiger charge is -2.16. The van der Waals surface area contributed by atoms with Gasteiger partial charge in [-0.25, -0.2) is 0 Å². The molecule has 2 heterocycles. The van der Waals surface area contributed by atoms with Gasteiger partial charge in [-0.2, -0.15) is 0 Å². The van der Waals surface area contributed by atoms with Gasteiger partial charge in [-0.1, -0.05) is 42.0 Å². The largest absolute Gasteiger partial charge is 0.312 e. The van der Waals surface area contributed by atoms with Crippen LogP contribution in [0.1, 0.15) is 40.2 Å². The maximum absolute atomic E-state index is 12.5. The van der Waals surface area contributed by atoms with E-state index >= 15 is 0 Å². The topological polar surface area (TPSA) is 118 Å². The number of nitro groups is 1. The Labute approximate surface area is 192 Å². The van der Waals surface area contributed by atoms with Crippen LogP contribution in [0.15, 0.2) is 42.5 Å². The van der Waals surface area contributed by atoms with Gasteiger partial charge < -0.3 is 4.90 Å². The van der Waals surface area contributed by atoms with Gasteiger partial charge in [0.05, 0.1) is 15.5 Å². The third-order valence-electron chi connectivity index (χ3n) is 5.20. The van der Waals surface area contributed by atoms with Gasteiger partial charge in [-0.05, 0) is 30.2 Å². The first-order valence-electron chi connectivity index (χ1n) is 9.83. The third kappa shape index (κ3) is 4.46. The number of rotatable bonds is 6. The van der Waals surface area contributed by atoms with Gasteiger partial charge in [-0.15, -0.1) is 10.2 Å². The van der Waals surface area contributed by atoms with Gasteiger partial charge >= 0.3 is 0 Å². The van der Waals surface area contributed by atoms with Crippen LogP contribution < -0.4 is 10.2 Å². The van der Waals surface area contributed by atoms with Crippen molar-refractivity contribution in [1.82, 2.24) is 10.2 Å². The Morgan fingerprint density at radius 1 is 1.28 bits per heavy atom. The zero-order valence-corrected chi connectivity index (χ0v) is 18.5. The number of halogens is 1. The van der Waals surface area contributed by atoms with Crippen molar-refractivity contribution in [3.8, 4) is 0 Å². The molecule has 2 amide bonds. The number of benzene rings is 2. The van der Waals surface area contributed by atoms with E-state index in [1.165, 1.54) is 29.0 Å². The minimum atomic E-state index is -0.588. The lowest BCUT2D eigenvalue weighted by atomic mass is 10.1. The van der Waals surface area contributed by atoms with Crippen LogP contribution in [-0.2, 0) is 11.2 Å². The molecule has 164 valence electrons. The molecular weight excluding hydrogens is 454 g/mol. The van der Waals surface area contributed by atoms with E-state index in [1.54, 1.807) is 4.90 Å². The Hall–Kier alpha value is -3.37. The number of carbonyl (C=O) groups is 2. The van der Waals surface area contributed by atoms with Crippen molar-refractivity contribution in [1.29, 1.82) is 0 Å². The van der Waals surface area contributed by atoms with E-state index in [1.807, 2.05) is 24.3 Å². The summed E-state index contributed by atoms with van der Waals surface area (Å²) >= 11 is 7.20. The van der Waals surface area contributed by atoms with Crippen molar-refractivity contribution >= 4 is 51.3 Å². The molecule has 11 heteroatoms. The van der Waals surface area contributed by atoms with E-state index in [9.17, 15) is 19.7 Å². The van der Waals surface area contributed by atoms with E-state index in [4.69, 9.17) is 11.6 Å². The van der Waals surface area contributed by atoms with Gasteiger partial charge in [0.2, 0.25) is 11.0 Å². The number of aromatic nitrogens is 2. The summed E-state index contributed by atoms with van der Waals surface area (Å²) in [5, 5.41) is 22.5. The van der Waals surface area contributed by atoms with Crippen LogP contribution in [-0.4, -0.2) is 33.5 Å². The summed E-state index contributed by atoms with van der Waals surface area (Å²) in [6, 6.07) is 11.5. The second kappa shape index (κ2) is 9.01. The molecule has 1 fully saturated rings. The van der Waals surface area contributed by atoms with E-state index in [-0.39, 0.29) is 33.2 Å². The summed E-state index contributed by atoms with van der Waals surface area (Å²) in [4.78, 5) is 37.0. The standard InChI is InChI=1S/C21H18ClN5O4S/c1-2-12-3-5-14(6-4-12)26-11-13(9-18(26)28)20-24-25-21(32-20)23-19(29)16-8-7-15(27(30)31)10-17(16)22/h3-8,10,13H,2,9,11H2,1H3,(H,23,25,29). The van der Waals surface area contributed by atoms with Crippen molar-refractivity contribution in [2.24, 2.45) is 0 Å². The minimum Gasteiger partial charge on any atom is -0.312 e. The van der Waals surface area contributed by atoms with E-state index in [0.717, 1.165) is 18.2 Å². The Bertz CT molecular complexity index is 1200. The normalized spacial score (nSPS) is 15.8. The smallest absolute Gasteiger partial charge is 0.270 e. The predicted molar refractivity (Wildman–Crippen MR) is 121 cm³/mol. The molecule has 2 aromatic carbocycles. The van der Waals surface area contributed by atoms with Crippen molar-refractivity contribution in [2.75, 3.05) is 16.8 Å². The van der Waals surface area contributed by atoms with E-state index in [2.05, 4.69) is 22.4 Å². The Balaban J connectivity index is 1.44. The Morgan fingerprint density at radius 2 is 2.03 bits per heavy atom. The highest BCUT2D eigenvalue weighted by molar-refractivity contribution is 7.15. The minimum absolute atomic E-state index is 0.0118. The number of carbonyl (C=O) groups excluding carboxylic acids is 2. The zero-order chi connectivity index (χ0) is 22.8. The summed E-state index contributed by atoms with van der Waals surface area (Å²) in [5.74, 6) is -0.662. The molecular formula is C21H18ClN5O4S. The van der Waals surface area contributed by atoms with Gasteiger partial charge in [-0.3, -0.25) is 25.0 Å². The molecule has 1 atom stereocenters. The van der Waals surface area contributed by atoms with Crippen LogP contribution >= 0.6 is 22.9 Å². The molecule has 1 aliphatic rings. The Kier molecular flexibility index (Phi) is 6.15. The summed E-state index contributed by atoms with van der Waals surface area (Å²) < 4.78 is 0. The molecule has 0 bridgehead atoms. The number of non-ortho nitro benzene ring substituents is 1. The second-order valence-electron chi connectivity index (χ2n) is 7.25. The maximum atomic E-state index is 12.5. The predicted octanol–water partition coefficient (Wildman–Crippen LogP) is 4.43. The van der Waals surface area contributed by atoms with Crippen molar-refractivity contribution < 1.29 is 14.5 Å². The maximum Gasteiger partial charge on any atom is 0.270 e. The Morgan fingerprint density at radius 3 is 2.69 bits per heavy atom. The number of aryl methyl sites for hydroxylation is 1. The van der Waals surface area contributed by atoms with Crippen LogP contribution in [0, 0.1) is 10.1 Å². The van der Waals surface area contributed by atoms with Crippen LogP contribution in [0.25, 0.3) is 0 Å². The van der Waals surface area contributed by atoms with Crippen LogP contribution in [0.4, 0.5) is 16.5 Å². The summed E-state index contributed by atoms with van der Waals surface area (Å²) in [5.41, 5.74) is 1.94. The molecule has 0 aliphatic carbocycles. The van der Waals surface area contributed by atoms with Crippen LogP contribution in [0.3, 0.4) is 0 Å². The number of nitrogens with zero attached hydrogens (tertiary/aromatic N) is 4. The zero-order valence-electron chi connectivity index (χ0n) is 16.9. The fraction of sp³-hybridized carbons (Fsp3) is 0.238. The fourth-order valence-electron chi connectivity index (χ4n) is 3.45. The summed E-state index contributed by atoms with van der Waals surface area (Å²) in [6.45, 7) is 2.56. The van der Waals surface area contributed by atoms with Crippen LogP contribution in [0.5, 0.6) is 0 Å². The monoisotopic (exact) mass is 471 g/mol. The molecule has 1 saturated heterocycles. The molecule has 1 N–H and O–H groups in total. The van der Waals surface area contributed by atoms with Gasteiger partial charge in [0.15, 0.2) is 0 Å². The molecule has 3 aromatic rings. The van der Waals surface area contributed by atoms with Crippen molar-refractivity contribution in [2.45, 2.75) is 25.7 Å². The lowest BCUT2D eigenvalue weighted by Crippen LogP contribution is -2.24. The number of hydrogen-bond acceptors (Lipinski definition) is 7. The highest BCUT2D eigenvalue weighted by Crippen LogP contribution is 2.34. The van der Waals surface area contributed by atoms with Crippen molar-refractivity contribution in [3.05, 3.63) is 73.7 Å². The van der Waals surface area contributed by atoms with Gasteiger partial charge in [0, 0.05) is 36.7 Å². The molecule has 0 radical (unpaired) electrons. The van der Waals surface area contributed by atoms with Gasteiger partial charge in [0.25, 0.3) is 11.6 Å². The molecule has 1 unspecified atom stereocenters. The molecule has 1 aliphatic heterocycles. The SMILES string of the molecule is CCc1ccc(N2CC(c3nnc(NC(=O)c4ccc([N+](=O)[O-])cc4Cl)s3)CC2=O)cc1. The molecule has 1 aromatic heterocycles. The second-order valence-corrected chi connectivity index (χ2v) is 8.66. The number of amides is 2. The molecule has 9 nitrogen and oxygen atoms in total. The lowest BCUT2D eigenvalue weighted by molar-refractivity contribution is -0.384. The first-order valence-corrected chi connectivity index (χ1v) is 11.0. The van der Waals surface area contributed by atoms with Crippen LogP contribution in [0.2, 0.25) is 5.02 Å². The van der Waals surface area contributed by atoms with E-state index < -0.39 is 10.8 Å². The highest BCUT2D eigenvalue weighted by atomic mass is 35.5. The van der Waals surface area contributed by atoms with Gasteiger partial charge in [0.1, 0.15) is 5.01 Å². The van der Waals surface area contributed by atoms with E-state index in [0.29, 0.717) is 18.0 Å². The molecule has 4 rings (SSSR count). The number of nitro benzene ring substituents is 1.